The van der Waals surface area contributed by atoms with Crippen molar-refractivity contribution in [1.29, 1.82) is 0 Å². The summed E-state index contributed by atoms with van der Waals surface area (Å²) < 4.78 is 2.00. The second-order valence-corrected chi connectivity index (χ2v) is 8.00. The number of likely N-dealkylation sites (tertiary alicyclic amines) is 1. The highest BCUT2D eigenvalue weighted by atomic mass is 127. The highest BCUT2D eigenvalue weighted by Gasteiger charge is 2.31. The number of halogens is 1. The van der Waals surface area contributed by atoms with Crippen LogP contribution in [0.2, 0.25) is 0 Å². The molecule has 2 aromatic rings. The monoisotopic (exact) mass is 511 g/mol. The van der Waals surface area contributed by atoms with E-state index in [4.69, 9.17) is 4.99 Å². The van der Waals surface area contributed by atoms with Gasteiger partial charge in [-0.25, -0.2) is 4.99 Å². The smallest absolute Gasteiger partial charge is 0.192 e. The number of aryl methyl sites for hydroxylation is 1. The molecule has 1 saturated heterocycles. The molecule has 0 spiro atoms. The summed E-state index contributed by atoms with van der Waals surface area (Å²) in [6.07, 6.45) is 0. The Balaban J connectivity index is 0.00000300. The Kier molecular flexibility index (Phi) is 8.88. The minimum Gasteiger partial charge on any atom is -0.352 e. The maximum atomic E-state index is 4.83. The molecule has 7 nitrogen and oxygen atoms in total. The average Bonchev–Trinajstić information content (AvgIpc) is 3.21. The molecule has 0 bridgehead atoms. The van der Waals surface area contributed by atoms with Crippen molar-refractivity contribution in [2.24, 2.45) is 18.0 Å². The average molecular weight is 511 g/mol. The highest BCUT2D eigenvalue weighted by Crippen LogP contribution is 2.18. The fourth-order valence-electron chi connectivity index (χ4n) is 3.46. The van der Waals surface area contributed by atoms with E-state index in [1.54, 1.807) is 0 Å². The van der Waals surface area contributed by atoms with Crippen LogP contribution in [0.25, 0.3) is 0 Å². The molecule has 2 atom stereocenters. The molecular formula is C21H34IN7. The minimum atomic E-state index is 0. The van der Waals surface area contributed by atoms with E-state index in [1.165, 1.54) is 5.56 Å². The predicted octanol–water partition coefficient (Wildman–Crippen LogP) is 2.71. The van der Waals surface area contributed by atoms with Crippen LogP contribution < -0.4 is 10.6 Å². The van der Waals surface area contributed by atoms with Gasteiger partial charge < -0.3 is 15.2 Å². The van der Waals surface area contributed by atoms with E-state index in [-0.39, 0.29) is 24.0 Å². The lowest BCUT2D eigenvalue weighted by Gasteiger charge is -2.22. The number of hydrogen-bond acceptors (Lipinski definition) is 4. The molecule has 1 fully saturated rings. The lowest BCUT2D eigenvalue weighted by atomic mass is 10.1. The van der Waals surface area contributed by atoms with Crippen LogP contribution >= 0.6 is 24.0 Å². The van der Waals surface area contributed by atoms with Gasteiger partial charge >= 0.3 is 0 Å². The summed E-state index contributed by atoms with van der Waals surface area (Å²) in [7, 11) is 1.99. The molecule has 2 heterocycles. The third kappa shape index (κ3) is 6.40. The van der Waals surface area contributed by atoms with Gasteiger partial charge in [0.1, 0.15) is 5.82 Å². The normalized spacial score (nSPS) is 20.0. The maximum Gasteiger partial charge on any atom is 0.192 e. The van der Waals surface area contributed by atoms with Crippen molar-refractivity contribution in [3.8, 4) is 0 Å². The van der Waals surface area contributed by atoms with Crippen molar-refractivity contribution in [1.82, 2.24) is 30.3 Å². The fourth-order valence-corrected chi connectivity index (χ4v) is 3.46. The Morgan fingerprint density at radius 2 is 1.93 bits per heavy atom. The Labute approximate surface area is 191 Å². The van der Waals surface area contributed by atoms with Crippen LogP contribution in [0.3, 0.4) is 0 Å². The minimum absolute atomic E-state index is 0. The summed E-state index contributed by atoms with van der Waals surface area (Å²) in [6, 6.07) is 11.3. The Morgan fingerprint density at radius 1 is 1.21 bits per heavy atom. The zero-order valence-corrected chi connectivity index (χ0v) is 20.4. The van der Waals surface area contributed by atoms with E-state index in [9.17, 15) is 0 Å². The fraction of sp³-hybridized carbons (Fsp3) is 0.571. The van der Waals surface area contributed by atoms with Crippen LogP contribution in [0.1, 0.15) is 38.0 Å². The summed E-state index contributed by atoms with van der Waals surface area (Å²) in [6.45, 7) is 12.2. The third-order valence-electron chi connectivity index (χ3n) is 5.55. The van der Waals surface area contributed by atoms with E-state index >= 15 is 0 Å². The largest absolute Gasteiger partial charge is 0.352 e. The van der Waals surface area contributed by atoms with Crippen molar-refractivity contribution in [2.75, 3.05) is 13.1 Å². The maximum absolute atomic E-state index is 4.83. The van der Waals surface area contributed by atoms with Crippen LogP contribution in [0.4, 0.5) is 0 Å². The SMILES string of the molecule is Cc1nnc(CNC(=NCc2ccccc2)NC2CN(C(C)C)CC2C)n1C.I. The summed E-state index contributed by atoms with van der Waals surface area (Å²) in [5, 5.41) is 15.5. The number of rotatable bonds is 6. The lowest BCUT2D eigenvalue weighted by molar-refractivity contribution is 0.265. The number of nitrogens with one attached hydrogen (secondary N) is 2. The van der Waals surface area contributed by atoms with Gasteiger partial charge in [0.05, 0.1) is 13.1 Å². The molecule has 0 amide bonds. The quantitative estimate of drug-likeness (QED) is 0.355. The van der Waals surface area contributed by atoms with Gasteiger partial charge in [0.25, 0.3) is 0 Å². The van der Waals surface area contributed by atoms with Crippen molar-refractivity contribution < 1.29 is 0 Å². The van der Waals surface area contributed by atoms with Crippen LogP contribution in [-0.2, 0) is 20.1 Å². The Bertz CT molecular complexity index is 788. The molecular weight excluding hydrogens is 477 g/mol. The molecule has 1 aromatic heterocycles. The lowest BCUT2D eigenvalue weighted by Crippen LogP contribution is -2.46. The van der Waals surface area contributed by atoms with E-state index in [0.717, 1.165) is 30.7 Å². The molecule has 0 aliphatic carbocycles. The molecule has 1 aliphatic heterocycles. The molecule has 0 saturated carbocycles. The van der Waals surface area contributed by atoms with Gasteiger partial charge in [0, 0.05) is 32.2 Å². The molecule has 1 aromatic carbocycles. The van der Waals surface area contributed by atoms with Gasteiger partial charge in [-0.05, 0) is 32.3 Å². The first-order chi connectivity index (χ1) is 13.4. The van der Waals surface area contributed by atoms with Gasteiger partial charge in [-0.15, -0.1) is 34.2 Å². The van der Waals surface area contributed by atoms with Gasteiger partial charge in [0.15, 0.2) is 11.8 Å². The first kappa shape index (κ1) is 23.6. The first-order valence-corrected chi connectivity index (χ1v) is 10.1. The molecule has 8 heteroatoms. The molecule has 2 N–H and O–H groups in total. The summed E-state index contributed by atoms with van der Waals surface area (Å²) in [5.41, 5.74) is 1.20. The standard InChI is InChI=1S/C21H33N7.HI/c1-15(2)28-13-16(3)19(14-28)24-21(22-11-18-9-7-6-8-10-18)23-12-20-26-25-17(4)27(20)5;/h6-10,15-16,19H,11-14H2,1-5H3,(H2,22,23,24);1H. The number of aliphatic imine (C=N–C) groups is 1. The zero-order chi connectivity index (χ0) is 20.1. The molecule has 3 rings (SSSR count). The number of guanidine groups is 1. The van der Waals surface area contributed by atoms with Gasteiger partial charge in [0.2, 0.25) is 0 Å². The topological polar surface area (TPSA) is 70.4 Å². The van der Waals surface area contributed by atoms with E-state index in [1.807, 2.05) is 36.7 Å². The van der Waals surface area contributed by atoms with Crippen molar-refractivity contribution >= 4 is 29.9 Å². The number of nitrogens with zero attached hydrogens (tertiary/aromatic N) is 5. The number of aromatic nitrogens is 3. The predicted molar refractivity (Wildman–Crippen MR) is 128 cm³/mol. The Hall–Kier alpha value is -1.68. The van der Waals surface area contributed by atoms with E-state index in [0.29, 0.717) is 31.1 Å². The van der Waals surface area contributed by atoms with Crippen molar-refractivity contribution in [2.45, 2.75) is 52.9 Å². The second-order valence-electron chi connectivity index (χ2n) is 8.00. The van der Waals surface area contributed by atoms with Gasteiger partial charge in [-0.1, -0.05) is 37.3 Å². The van der Waals surface area contributed by atoms with Crippen LogP contribution in [-0.4, -0.2) is 50.8 Å². The van der Waals surface area contributed by atoms with Gasteiger partial charge in [-0.2, -0.15) is 0 Å². The first-order valence-electron chi connectivity index (χ1n) is 10.1. The summed E-state index contributed by atoms with van der Waals surface area (Å²) in [4.78, 5) is 7.35. The Morgan fingerprint density at radius 3 is 2.52 bits per heavy atom. The number of hydrogen-bond donors (Lipinski definition) is 2. The molecule has 0 radical (unpaired) electrons. The molecule has 1 aliphatic rings. The van der Waals surface area contributed by atoms with E-state index < -0.39 is 0 Å². The second kappa shape index (κ2) is 10.9. The van der Waals surface area contributed by atoms with E-state index in [2.05, 4.69) is 58.6 Å². The third-order valence-corrected chi connectivity index (χ3v) is 5.55. The van der Waals surface area contributed by atoms with Gasteiger partial charge in [-0.3, -0.25) is 4.90 Å². The zero-order valence-electron chi connectivity index (χ0n) is 18.1. The summed E-state index contributed by atoms with van der Waals surface area (Å²) in [5.74, 6) is 3.20. The molecule has 2 unspecified atom stereocenters. The summed E-state index contributed by atoms with van der Waals surface area (Å²) >= 11 is 0. The molecule has 29 heavy (non-hydrogen) atoms. The van der Waals surface area contributed by atoms with Crippen LogP contribution in [0, 0.1) is 12.8 Å². The van der Waals surface area contributed by atoms with Crippen molar-refractivity contribution in [3.05, 3.63) is 47.5 Å². The molecule has 160 valence electrons. The van der Waals surface area contributed by atoms with Crippen LogP contribution in [0.5, 0.6) is 0 Å². The van der Waals surface area contributed by atoms with Crippen molar-refractivity contribution in [3.63, 3.8) is 0 Å². The number of benzene rings is 1. The highest BCUT2D eigenvalue weighted by molar-refractivity contribution is 14.0. The van der Waals surface area contributed by atoms with Crippen LogP contribution in [0.15, 0.2) is 35.3 Å².